The van der Waals surface area contributed by atoms with Crippen molar-refractivity contribution in [2.45, 2.75) is 29.6 Å². The zero-order valence-electron chi connectivity index (χ0n) is 22.9. The van der Waals surface area contributed by atoms with E-state index in [4.69, 9.17) is 32.7 Å². The van der Waals surface area contributed by atoms with Crippen LogP contribution in [-0.2, 0) is 20.7 Å². The Morgan fingerprint density at radius 3 is 2.35 bits per heavy atom. The standard InChI is InChI=1S/C30H33Cl2N2O4S.HI/c1-20(35)38-28-29(22-10-12-23(37-4)13-11-22)39-27-8-6-5-7-26(27)33(30(28)36)16-18-34(2,3)17-15-21-9-14-24(31)25(32)19-21;/h5-14,19,28-29H,15-18H2,1-4H3;1H/q+1;/p-1/t28-,29+;/m0./s1. The van der Waals surface area contributed by atoms with Crippen molar-refractivity contribution in [1.29, 1.82) is 0 Å². The van der Waals surface area contributed by atoms with Crippen LogP contribution in [0.3, 0.4) is 0 Å². The van der Waals surface area contributed by atoms with E-state index < -0.39 is 17.3 Å². The molecule has 2 atom stereocenters. The first kappa shape index (κ1) is 32.5. The summed E-state index contributed by atoms with van der Waals surface area (Å²) in [5.74, 6) is -0.000289. The summed E-state index contributed by atoms with van der Waals surface area (Å²) in [6.07, 6.45) is -0.153. The van der Waals surface area contributed by atoms with Gasteiger partial charge in [0.15, 0.2) is 6.10 Å². The number of hydrogen-bond acceptors (Lipinski definition) is 5. The van der Waals surface area contributed by atoms with Crippen molar-refractivity contribution in [3.8, 4) is 5.75 Å². The smallest absolute Gasteiger partial charge is 0.303 e. The summed E-state index contributed by atoms with van der Waals surface area (Å²) in [6, 6.07) is 21.1. The van der Waals surface area contributed by atoms with Gasteiger partial charge in [-0.15, -0.1) is 11.8 Å². The number of fused-ring (bicyclic) bond motifs is 1. The van der Waals surface area contributed by atoms with Gasteiger partial charge in [-0.1, -0.05) is 53.5 Å². The summed E-state index contributed by atoms with van der Waals surface area (Å²) in [4.78, 5) is 29.0. The number of carbonyl (C=O) groups is 2. The molecule has 40 heavy (non-hydrogen) atoms. The molecule has 3 aromatic carbocycles. The highest BCUT2D eigenvalue weighted by Gasteiger charge is 2.41. The van der Waals surface area contributed by atoms with Crippen molar-refractivity contribution in [3.63, 3.8) is 0 Å². The number of likely N-dealkylation sites (N-methyl/N-ethyl adjacent to an activating group) is 1. The molecule has 1 aliphatic rings. The molecule has 0 saturated heterocycles. The molecule has 0 fully saturated rings. The highest BCUT2D eigenvalue weighted by molar-refractivity contribution is 7.99. The van der Waals surface area contributed by atoms with Gasteiger partial charge in [0.05, 0.1) is 61.8 Å². The average Bonchev–Trinajstić information content (AvgIpc) is 3.02. The third-order valence-corrected chi connectivity index (χ3v) is 8.96. The number of quaternary nitrogens is 1. The minimum Gasteiger partial charge on any atom is -1.00 e. The van der Waals surface area contributed by atoms with Gasteiger partial charge in [-0.3, -0.25) is 9.59 Å². The zero-order valence-corrected chi connectivity index (χ0v) is 27.4. The molecular weight excluding hydrogens is 682 g/mol. The summed E-state index contributed by atoms with van der Waals surface area (Å²) >= 11 is 13.8. The number of esters is 1. The Balaban J connectivity index is 0.00000441. The Morgan fingerprint density at radius 1 is 1.00 bits per heavy atom. The van der Waals surface area contributed by atoms with Crippen LogP contribution in [0.4, 0.5) is 5.69 Å². The molecule has 1 heterocycles. The lowest BCUT2D eigenvalue weighted by Crippen LogP contribution is -3.00. The highest BCUT2D eigenvalue weighted by Crippen LogP contribution is 2.47. The zero-order chi connectivity index (χ0) is 28.2. The third-order valence-electron chi connectivity index (χ3n) is 6.85. The van der Waals surface area contributed by atoms with Gasteiger partial charge in [-0.05, 0) is 47.5 Å². The molecule has 10 heteroatoms. The molecular formula is C30H33Cl2IN2O4S. The van der Waals surface area contributed by atoms with Crippen LogP contribution in [0.5, 0.6) is 5.75 Å². The van der Waals surface area contributed by atoms with Crippen LogP contribution in [0.1, 0.15) is 23.3 Å². The predicted molar refractivity (Wildman–Crippen MR) is 158 cm³/mol. The molecule has 1 aliphatic heterocycles. The normalized spacial score (nSPS) is 16.9. The number of nitrogens with zero attached hydrogens (tertiary/aromatic N) is 2. The second kappa shape index (κ2) is 14.3. The molecule has 1 amide bonds. The topological polar surface area (TPSA) is 55.8 Å². The lowest BCUT2D eigenvalue weighted by atomic mass is 10.1. The molecule has 0 bridgehead atoms. The summed E-state index contributed by atoms with van der Waals surface area (Å²) in [5, 5.41) is 0.683. The van der Waals surface area contributed by atoms with E-state index in [-0.39, 0.29) is 29.9 Å². The summed E-state index contributed by atoms with van der Waals surface area (Å²) in [7, 11) is 5.90. The van der Waals surface area contributed by atoms with E-state index in [1.807, 2.05) is 66.7 Å². The maximum absolute atomic E-state index is 14.1. The first-order valence-corrected chi connectivity index (χ1v) is 14.4. The van der Waals surface area contributed by atoms with E-state index in [2.05, 4.69) is 14.1 Å². The predicted octanol–water partition coefficient (Wildman–Crippen LogP) is 3.44. The number of thioether (sulfide) groups is 1. The SMILES string of the molecule is COc1ccc([C@H]2Sc3ccccc3N(CC[N+](C)(C)CCc3ccc(Cl)c(Cl)c3)C(=O)[C@H]2OC(C)=O)cc1.[I-]. The Hall–Kier alpha value is -1.98. The van der Waals surface area contributed by atoms with Crippen LogP contribution in [-0.4, -0.2) is 63.3 Å². The molecule has 214 valence electrons. The molecule has 4 rings (SSSR count). The number of ether oxygens (including phenoxy) is 2. The number of para-hydroxylation sites is 1. The van der Waals surface area contributed by atoms with Gasteiger partial charge in [0.2, 0.25) is 0 Å². The van der Waals surface area contributed by atoms with Crippen molar-refractivity contribution in [2.24, 2.45) is 0 Å². The Labute approximate surface area is 267 Å². The van der Waals surface area contributed by atoms with Crippen molar-refractivity contribution in [3.05, 3.63) is 87.9 Å². The van der Waals surface area contributed by atoms with Gasteiger partial charge in [-0.25, -0.2) is 0 Å². The fourth-order valence-corrected chi connectivity index (χ4v) is 6.19. The monoisotopic (exact) mass is 714 g/mol. The summed E-state index contributed by atoms with van der Waals surface area (Å²) in [6.45, 7) is 3.36. The van der Waals surface area contributed by atoms with E-state index in [1.54, 1.807) is 12.0 Å². The van der Waals surface area contributed by atoms with E-state index in [0.717, 1.165) is 40.4 Å². The van der Waals surface area contributed by atoms with Crippen molar-refractivity contribution in [2.75, 3.05) is 45.7 Å². The number of carbonyl (C=O) groups excluding carboxylic acids is 2. The van der Waals surface area contributed by atoms with Crippen molar-refractivity contribution < 1.29 is 47.5 Å². The molecule has 0 spiro atoms. The van der Waals surface area contributed by atoms with E-state index in [1.165, 1.54) is 18.7 Å². The second-order valence-electron chi connectivity index (χ2n) is 10.2. The lowest BCUT2D eigenvalue weighted by molar-refractivity contribution is -0.888. The lowest BCUT2D eigenvalue weighted by Gasteiger charge is -2.34. The fourth-order valence-electron chi connectivity index (χ4n) is 4.55. The average molecular weight is 715 g/mol. The van der Waals surface area contributed by atoms with Crippen LogP contribution < -0.4 is 33.6 Å². The largest absolute Gasteiger partial charge is 1.00 e. The molecule has 0 saturated carbocycles. The Morgan fingerprint density at radius 2 is 1.70 bits per heavy atom. The minimum atomic E-state index is -0.972. The van der Waals surface area contributed by atoms with E-state index in [0.29, 0.717) is 27.6 Å². The van der Waals surface area contributed by atoms with Crippen LogP contribution in [0, 0.1) is 0 Å². The Bertz CT molecular complexity index is 1340. The minimum absolute atomic E-state index is 0. The Kier molecular flexibility index (Phi) is 11.6. The number of halogens is 3. The first-order chi connectivity index (χ1) is 18.6. The number of methoxy groups -OCH3 is 1. The summed E-state index contributed by atoms with van der Waals surface area (Å²) in [5.41, 5.74) is 2.82. The van der Waals surface area contributed by atoms with Gasteiger partial charge in [0, 0.05) is 18.2 Å². The summed E-state index contributed by atoms with van der Waals surface area (Å²) < 4.78 is 11.7. The van der Waals surface area contributed by atoms with Crippen molar-refractivity contribution in [1.82, 2.24) is 0 Å². The molecule has 6 nitrogen and oxygen atoms in total. The molecule has 3 aromatic rings. The van der Waals surface area contributed by atoms with Crippen molar-refractivity contribution >= 4 is 52.5 Å². The van der Waals surface area contributed by atoms with Crippen LogP contribution >= 0.6 is 35.0 Å². The fraction of sp³-hybridized carbons (Fsp3) is 0.333. The number of hydrogen-bond donors (Lipinski definition) is 0. The first-order valence-electron chi connectivity index (χ1n) is 12.7. The number of benzene rings is 3. The van der Waals surface area contributed by atoms with E-state index >= 15 is 0 Å². The van der Waals surface area contributed by atoms with Crippen LogP contribution in [0.25, 0.3) is 0 Å². The van der Waals surface area contributed by atoms with Crippen LogP contribution in [0.15, 0.2) is 71.6 Å². The van der Waals surface area contributed by atoms with Crippen LogP contribution in [0.2, 0.25) is 10.0 Å². The number of anilines is 1. The number of rotatable bonds is 9. The molecule has 0 aliphatic carbocycles. The van der Waals surface area contributed by atoms with Gasteiger partial charge >= 0.3 is 5.97 Å². The quantitative estimate of drug-likeness (QED) is 0.193. The highest BCUT2D eigenvalue weighted by atomic mass is 127. The molecule has 0 unspecified atom stereocenters. The van der Waals surface area contributed by atoms with Gasteiger partial charge in [-0.2, -0.15) is 0 Å². The van der Waals surface area contributed by atoms with Gasteiger partial charge < -0.3 is 42.8 Å². The second-order valence-corrected chi connectivity index (χ2v) is 12.2. The number of amides is 1. The molecule has 0 aromatic heterocycles. The third kappa shape index (κ3) is 8.06. The maximum Gasteiger partial charge on any atom is 0.303 e. The molecule has 0 radical (unpaired) electrons. The van der Waals surface area contributed by atoms with Gasteiger partial charge in [0.25, 0.3) is 5.91 Å². The van der Waals surface area contributed by atoms with E-state index in [9.17, 15) is 9.59 Å². The molecule has 0 N–H and O–H groups in total. The van der Waals surface area contributed by atoms with Gasteiger partial charge in [0.1, 0.15) is 5.75 Å². The maximum atomic E-state index is 14.1.